The van der Waals surface area contributed by atoms with Gasteiger partial charge in [0.1, 0.15) is 11.3 Å². The summed E-state index contributed by atoms with van der Waals surface area (Å²) in [6.45, 7) is 0. The molecule has 0 fully saturated rings. The average molecular weight is 634 g/mol. The average Bonchev–Trinajstić information content (AvgIpc) is 3.73. The highest BCUT2D eigenvalue weighted by Gasteiger charge is 2.24. The van der Waals surface area contributed by atoms with Crippen molar-refractivity contribution in [3.8, 4) is 34.2 Å². The molecular formula is C43H27N3OS. The number of thiophene rings is 1. The van der Waals surface area contributed by atoms with Crippen molar-refractivity contribution in [3.63, 3.8) is 0 Å². The van der Waals surface area contributed by atoms with Gasteiger partial charge in [-0.25, -0.2) is 15.0 Å². The second kappa shape index (κ2) is 10.8. The molecule has 9 aromatic rings. The predicted octanol–water partition coefficient (Wildman–Crippen LogP) is 11.5. The molecule has 6 aromatic carbocycles. The van der Waals surface area contributed by atoms with E-state index in [2.05, 4.69) is 115 Å². The highest BCUT2D eigenvalue weighted by atomic mass is 32.1. The highest BCUT2D eigenvalue weighted by Crippen LogP contribution is 2.43. The number of fused-ring (bicyclic) bond motifs is 7. The molecule has 3 aromatic heterocycles. The summed E-state index contributed by atoms with van der Waals surface area (Å²) in [6.07, 6.45) is 4.22. The van der Waals surface area contributed by atoms with E-state index in [1.54, 1.807) is 11.3 Å². The number of rotatable bonds is 4. The van der Waals surface area contributed by atoms with E-state index in [0.29, 0.717) is 17.5 Å². The van der Waals surface area contributed by atoms with Crippen LogP contribution in [-0.2, 0) is 6.42 Å². The van der Waals surface area contributed by atoms with Crippen molar-refractivity contribution in [2.45, 2.75) is 12.8 Å². The predicted molar refractivity (Wildman–Crippen MR) is 198 cm³/mol. The van der Waals surface area contributed by atoms with E-state index in [0.717, 1.165) is 57.0 Å². The lowest BCUT2D eigenvalue weighted by Gasteiger charge is -2.18. The van der Waals surface area contributed by atoms with Crippen LogP contribution in [0.2, 0.25) is 0 Å². The second-order valence-electron chi connectivity index (χ2n) is 12.2. The Morgan fingerprint density at radius 3 is 2.00 bits per heavy atom. The first-order chi connectivity index (χ1) is 23.8. The molecule has 0 radical (unpaired) electrons. The normalized spacial score (nSPS) is 13.0. The van der Waals surface area contributed by atoms with Crippen LogP contribution in [-0.4, -0.2) is 15.0 Å². The molecule has 0 bridgehead atoms. The number of aryl methyl sites for hydroxylation is 1. The van der Waals surface area contributed by atoms with Crippen molar-refractivity contribution in [1.29, 1.82) is 0 Å². The maximum atomic E-state index is 6.34. The van der Waals surface area contributed by atoms with Crippen molar-refractivity contribution in [1.82, 2.24) is 15.0 Å². The zero-order valence-electron chi connectivity index (χ0n) is 25.9. The van der Waals surface area contributed by atoms with E-state index in [-0.39, 0.29) is 0 Å². The van der Waals surface area contributed by atoms with Crippen molar-refractivity contribution in [2.75, 3.05) is 0 Å². The second-order valence-corrected chi connectivity index (χ2v) is 13.3. The van der Waals surface area contributed by atoms with Crippen molar-refractivity contribution in [3.05, 3.63) is 156 Å². The number of nitrogens with zero attached hydrogens (tertiary/aromatic N) is 3. The summed E-state index contributed by atoms with van der Waals surface area (Å²) in [5.41, 5.74) is 7.51. The Morgan fingerprint density at radius 2 is 1.15 bits per heavy atom. The first-order valence-electron chi connectivity index (χ1n) is 16.3. The fourth-order valence-corrected chi connectivity index (χ4v) is 8.42. The summed E-state index contributed by atoms with van der Waals surface area (Å²) in [4.78, 5) is 15.5. The number of hydrogen-bond donors (Lipinski definition) is 0. The Hall–Kier alpha value is -5.91. The molecule has 226 valence electrons. The van der Waals surface area contributed by atoms with Gasteiger partial charge in [0.05, 0.1) is 0 Å². The molecule has 0 aliphatic heterocycles. The Labute approximate surface area is 280 Å². The molecule has 3 heterocycles. The summed E-state index contributed by atoms with van der Waals surface area (Å²) < 4.78 is 8.82. The third-order valence-corrected chi connectivity index (χ3v) is 10.6. The van der Waals surface area contributed by atoms with Crippen LogP contribution in [0.25, 0.3) is 81.7 Å². The maximum Gasteiger partial charge on any atom is 0.164 e. The number of furan rings is 1. The molecule has 0 saturated carbocycles. The van der Waals surface area contributed by atoms with Gasteiger partial charge < -0.3 is 4.42 Å². The van der Waals surface area contributed by atoms with Crippen molar-refractivity contribution in [2.24, 2.45) is 0 Å². The molecule has 0 spiro atoms. The van der Waals surface area contributed by atoms with E-state index in [1.165, 1.54) is 36.9 Å². The fourth-order valence-electron chi connectivity index (χ4n) is 7.28. The third-order valence-electron chi connectivity index (χ3n) is 9.42. The SMILES string of the molecule is C1=C(c2ccc(-c3nc(-c4ccccc4)nc(-c4cccc5sc6ccccc6c45)n3)c3ccccc23)c2c(oc3ccccc23)CC1. The van der Waals surface area contributed by atoms with Crippen molar-refractivity contribution < 1.29 is 4.42 Å². The molecule has 0 unspecified atom stereocenters. The minimum Gasteiger partial charge on any atom is -0.460 e. The number of para-hydroxylation sites is 1. The topological polar surface area (TPSA) is 51.8 Å². The lowest BCUT2D eigenvalue weighted by molar-refractivity contribution is 0.545. The molecule has 1 aliphatic carbocycles. The molecule has 5 heteroatoms. The summed E-state index contributed by atoms with van der Waals surface area (Å²) in [5.74, 6) is 3.05. The first kappa shape index (κ1) is 27.2. The van der Waals surface area contributed by atoms with Gasteiger partial charge in [0.25, 0.3) is 0 Å². The summed E-state index contributed by atoms with van der Waals surface area (Å²) in [6, 6.07) is 46.6. The number of benzene rings is 6. The summed E-state index contributed by atoms with van der Waals surface area (Å²) >= 11 is 1.80. The molecule has 4 nitrogen and oxygen atoms in total. The smallest absolute Gasteiger partial charge is 0.164 e. The molecule has 48 heavy (non-hydrogen) atoms. The van der Waals surface area contributed by atoms with E-state index in [1.807, 2.05) is 24.3 Å². The van der Waals surface area contributed by atoms with Crippen LogP contribution in [0.5, 0.6) is 0 Å². The van der Waals surface area contributed by atoms with Gasteiger partial charge in [0.2, 0.25) is 0 Å². The number of hydrogen-bond acceptors (Lipinski definition) is 5. The van der Waals surface area contributed by atoms with Gasteiger partial charge in [0, 0.05) is 54.2 Å². The first-order valence-corrected chi connectivity index (χ1v) is 17.1. The number of aromatic nitrogens is 3. The summed E-state index contributed by atoms with van der Waals surface area (Å²) in [5, 5.41) is 5.83. The van der Waals surface area contributed by atoms with Gasteiger partial charge in [-0.15, -0.1) is 11.3 Å². The van der Waals surface area contributed by atoms with Crippen molar-refractivity contribution >= 4 is 58.8 Å². The van der Waals surface area contributed by atoms with Gasteiger partial charge in [-0.1, -0.05) is 115 Å². The Bertz CT molecular complexity index is 2740. The molecule has 0 amide bonds. The van der Waals surface area contributed by atoms with Crippen LogP contribution < -0.4 is 0 Å². The molecule has 1 aliphatic rings. The Kier molecular flexibility index (Phi) is 6.14. The molecule has 0 atom stereocenters. The molecule has 10 rings (SSSR count). The van der Waals surface area contributed by atoms with Crippen LogP contribution in [0.4, 0.5) is 0 Å². The van der Waals surface area contributed by atoms with Gasteiger partial charge in [0.15, 0.2) is 17.5 Å². The van der Waals surface area contributed by atoms with E-state index in [9.17, 15) is 0 Å². The standard InChI is InChI=1S/C43H27N3OS/c1-2-12-26(13-3-1)41-44-42(46-43(45-41)34-19-11-23-38-40(34)33-17-7-9-22-37(33)48-38)31-25-24-29(27-14-4-5-15-28(27)31)30-18-10-21-36-39(30)32-16-6-8-20-35(32)47-36/h1-9,11-20,22-25H,10,21H2. The van der Waals surface area contributed by atoms with E-state index < -0.39 is 0 Å². The Balaban J connectivity index is 1.21. The van der Waals surface area contributed by atoms with Crippen LogP contribution in [0.1, 0.15) is 23.3 Å². The van der Waals surface area contributed by atoms with Crippen LogP contribution in [0.3, 0.4) is 0 Å². The van der Waals surface area contributed by atoms with Crippen LogP contribution in [0.15, 0.2) is 144 Å². The zero-order chi connectivity index (χ0) is 31.6. The van der Waals surface area contributed by atoms with Gasteiger partial charge in [-0.05, 0) is 52.6 Å². The minimum atomic E-state index is 0.657. The lowest BCUT2D eigenvalue weighted by atomic mass is 9.86. The number of allylic oxidation sites excluding steroid dienone is 1. The molecule has 0 N–H and O–H groups in total. The van der Waals surface area contributed by atoms with E-state index in [4.69, 9.17) is 19.4 Å². The van der Waals surface area contributed by atoms with Crippen LogP contribution in [0, 0.1) is 0 Å². The quantitative estimate of drug-likeness (QED) is 0.193. The largest absolute Gasteiger partial charge is 0.460 e. The maximum absolute atomic E-state index is 6.34. The fraction of sp³-hybridized carbons (Fsp3) is 0.0465. The molecular weight excluding hydrogens is 607 g/mol. The minimum absolute atomic E-state index is 0.657. The lowest BCUT2D eigenvalue weighted by Crippen LogP contribution is -2.02. The van der Waals surface area contributed by atoms with Crippen LogP contribution >= 0.6 is 11.3 Å². The van der Waals surface area contributed by atoms with E-state index >= 15 is 0 Å². The Morgan fingerprint density at radius 1 is 0.500 bits per heavy atom. The molecule has 0 saturated heterocycles. The highest BCUT2D eigenvalue weighted by molar-refractivity contribution is 7.25. The van der Waals surface area contributed by atoms with Gasteiger partial charge in [-0.2, -0.15) is 0 Å². The van der Waals surface area contributed by atoms with Gasteiger partial charge >= 0.3 is 0 Å². The zero-order valence-corrected chi connectivity index (χ0v) is 26.7. The monoisotopic (exact) mass is 633 g/mol. The third kappa shape index (κ3) is 4.25. The summed E-state index contributed by atoms with van der Waals surface area (Å²) in [7, 11) is 0. The van der Waals surface area contributed by atoms with Gasteiger partial charge in [-0.3, -0.25) is 0 Å².